The molecule has 0 fully saturated rings. The summed E-state index contributed by atoms with van der Waals surface area (Å²) in [5.41, 5.74) is 6.99. The van der Waals surface area contributed by atoms with Gasteiger partial charge in [0.2, 0.25) is 5.82 Å². The third-order valence-corrected chi connectivity index (χ3v) is 5.27. The van der Waals surface area contributed by atoms with Crippen molar-refractivity contribution >= 4 is 40.5 Å². The van der Waals surface area contributed by atoms with Gasteiger partial charge in [0, 0.05) is 18.3 Å². The average Bonchev–Trinajstić information content (AvgIpc) is 3.32. The van der Waals surface area contributed by atoms with Crippen LogP contribution in [0.3, 0.4) is 0 Å². The Morgan fingerprint density at radius 1 is 1.06 bits per heavy atom. The molecule has 8 nitrogen and oxygen atoms in total. The number of rotatable bonds is 5. The van der Waals surface area contributed by atoms with Gasteiger partial charge in [-0.1, -0.05) is 29.3 Å². The summed E-state index contributed by atoms with van der Waals surface area (Å²) in [6.07, 6.45) is -3.11. The molecule has 1 amide bonds. The van der Waals surface area contributed by atoms with Gasteiger partial charge in [0.1, 0.15) is 5.69 Å². The van der Waals surface area contributed by atoms with Crippen molar-refractivity contribution in [1.29, 1.82) is 0 Å². The Labute approximate surface area is 194 Å². The van der Waals surface area contributed by atoms with Crippen LogP contribution in [-0.4, -0.2) is 30.5 Å². The molecule has 0 spiro atoms. The molecule has 4 rings (SSSR count). The number of nitrogens with two attached hydrogens (primary N) is 1. The molecule has 2 heterocycles. The van der Waals surface area contributed by atoms with Crippen LogP contribution in [-0.2, 0) is 13.2 Å². The van der Waals surface area contributed by atoms with Gasteiger partial charge >= 0.3 is 6.18 Å². The highest BCUT2D eigenvalue weighted by Gasteiger charge is 2.37. The standard InChI is InChI=1S/C20H14Cl2F3N7O/c1-31-18(28-29-19(31)20(23,24)25)10-5-7-11(8-6-10)27-14-9-32(30-15(14)17(26)33)16-12(21)3-2-4-13(16)22/h2-9,27H,1H3,(H2,26,33). The number of nitrogens with zero attached hydrogens (tertiary/aromatic N) is 5. The highest BCUT2D eigenvalue weighted by Crippen LogP contribution is 2.32. The Balaban J connectivity index is 1.64. The lowest BCUT2D eigenvalue weighted by molar-refractivity contribution is -0.146. The molecular weight excluding hydrogens is 482 g/mol. The van der Waals surface area contributed by atoms with E-state index in [4.69, 9.17) is 28.9 Å². The summed E-state index contributed by atoms with van der Waals surface area (Å²) >= 11 is 12.4. The highest BCUT2D eigenvalue weighted by molar-refractivity contribution is 6.37. The lowest BCUT2D eigenvalue weighted by Gasteiger charge is -2.08. The highest BCUT2D eigenvalue weighted by atomic mass is 35.5. The van der Waals surface area contributed by atoms with E-state index in [2.05, 4.69) is 20.6 Å². The second-order valence-corrected chi connectivity index (χ2v) is 7.69. The molecule has 2 aromatic heterocycles. The SMILES string of the molecule is Cn1c(-c2ccc(Nc3cn(-c4c(Cl)cccc4Cl)nc3C(N)=O)cc2)nnc1C(F)(F)F. The van der Waals surface area contributed by atoms with Gasteiger partial charge in [-0.3, -0.25) is 4.79 Å². The number of carbonyl (C=O) groups is 1. The second kappa shape index (κ2) is 8.41. The molecule has 0 aliphatic rings. The van der Waals surface area contributed by atoms with Gasteiger partial charge in [0.25, 0.3) is 5.91 Å². The Morgan fingerprint density at radius 2 is 1.70 bits per heavy atom. The zero-order chi connectivity index (χ0) is 23.9. The van der Waals surface area contributed by atoms with Crippen molar-refractivity contribution in [3.8, 4) is 17.1 Å². The maximum Gasteiger partial charge on any atom is 0.451 e. The van der Waals surface area contributed by atoms with Crippen molar-refractivity contribution in [2.24, 2.45) is 12.8 Å². The molecule has 0 unspecified atom stereocenters. The molecule has 33 heavy (non-hydrogen) atoms. The number of halogens is 5. The molecule has 3 N–H and O–H groups in total. The number of amides is 1. The van der Waals surface area contributed by atoms with Crippen molar-refractivity contribution in [3.05, 3.63) is 70.2 Å². The number of hydrogen-bond acceptors (Lipinski definition) is 5. The lowest BCUT2D eigenvalue weighted by atomic mass is 10.2. The normalized spacial score (nSPS) is 11.6. The first-order valence-corrected chi connectivity index (χ1v) is 9.99. The molecule has 4 aromatic rings. The van der Waals surface area contributed by atoms with Gasteiger partial charge in [-0.2, -0.15) is 18.3 Å². The van der Waals surface area contributed by atoms with Crippen LogP contribution in [0.2, 0.25) is 10.0 Å². The monoisotopic (exact) mass is 495 g/mol. The summed E-state index contributed by atoms with van der Waals surface area (Å²) in [6.45, 7) is 0. The maximum atomic E-state index is 13.0. The third-order valence-electron chi connectivity index (χ3n) is 4.66. The van der Waals surface area contributed by atoms with E-state index >= 15 is 0 Å². The predicted octanol–water partition coefficient (Wildman–Crippen LogP) is 4.84. The van der Waals surface area contributed by atoms with E-state index in [1.54, 1.807) is 42.5 Å². The molecule has 0 saturated carbocycles. The minimum Gasteiger partial charge on any atom is -0.364 e. The van der Waals surface area contributed by atoms with Crippen molar-refractivity contribution in [2.45, 2.75) is 6.18 Å². The molecule has 13 heteroatoms. The Hall–Kier alpha value is -3.57. The molecule has 0 bridgehead atoms. The van der Waals surface area contributed by atoms with Gasteiger partial charge in [0.05, 0.1) is 21.9 Å². The van der Waals surface area contributed by atoms with Gasteiger partial charge in [-0.15, -0.1) is 10.2 Å². The quantitative estimate of drug-likeness (QED) is 0.412. The molecule has 0 radical (unpaired) electrons. The number of para-hydroxylation sites is 1. The fourth-order valence-electron chi connectivity index (χ4n) is 3.16. The average molecular weight is 496 g/mol. The first-order valence-electron chi connectivity index (χ1n) is 9.24. The van der Waals surface area contributed by atoms with Crippen LogP contribution in [0.4, 0.5) is 24.5 Å². The Kier molecular flexibility index (Phi) is 5.76. The van der Waals surface area contributed by atoms with Gasteiger partial charge in [0.15, 0.2) is 11.5 Å². The summed E-state index contributed by atoms with van der Waals surface area (Å²) in [5.74, 6) is -1.83. The minimum atomic E-state index is -4.61. The van der Waals surface area contributed by atoms with Gasteiger partial charge in [-0.05, 0) is 36.4 Å². The van der Waals surface area contributed by atoms with E-state index in [0.717, 1.165) is 4.57 Å². The Bertz CT molecular complexity index is 1330. The molecule has 0 atom stereocenters. The van der Waals surface area contributed by atoms with E-state index in [1.807, 2.05) is 0 Å². The first-order chi connectivity index (χ1) is 15.6. The molecule has 0 saturated heterocycles. The van der Waals surface area contributed by atoms with Crippen LogP contribution < -0.4 is 11.1 Å². The molecule has 0 aliphatic heterocycles. The number of anilines is 2. The molecule has 2 aromatic carbocycles. The van der Waals surface area contributed by atoms with Crippen LogP contribution in [0.15, 0.2) is 48.7 Å². The predicted molar refractivity (Wildman–Crippen MR) is 117 cm³/mol. The fourth-order valence-corrected chi connectivity index (χ4v) is 3.73. The molecule has 170 valence electrons. The maximum absolute atomic E-state index is 13.0. The first kappa shape index (κ1) is 22.6. The van der Waals surface area contributed by atoms with Crippen molar-refractivity contribution in [3.63, 3.8) is 0 Å². The Morgan fingerprint density at radius 3 is 2.24 bits per heavy atom. The number of nitrogens with one attached hydrogen (secondary N) is 1. The summed E-state index contributed by atoms with van der Waals surface area (Å²) in [4.78, 5) is 11.9. The smallest absolute Gasteiger partial charge is 0.364 e. The summed E-state index contributed by atoms with van der Waals surface area (Å²) in [5, 5.41) is 14.7. The number of aromatic nitrogens is 5. The van der Waals surface area contributed by atoms with E-state index in [1.165, 1.54) is 17.9 Å². The lowest BCUT2D eigenvalue weighted by Crippen LogP contribution is -2.14. The summed E-state index contributed by atoms with van der Waals surface area (Å²) < 4.78 is 41.1. The minimum absolute atomic E-state index is 0.0490. The third kappa shape index (κ3) is 4.37. The van der Waals surface area contributed by atoms with Crippen molar-refractivity contribution < 1.29 is 18.0 Å². The molecular formula is C20H14Cl2F3N7O. The van der Waals surface area contributed by atoms with Crippen LogP contribution in [0.25, 0.3) is 17.1 Å². The van der Waals surface area contributed by atoms with Crippen molar-refractivity contribution in [2.75, 3.05) is 5.32 Å². The molecule has 0 aliphatic carbocycles. The van der Waals surface area contributed by atoms with Gasteiger partial charge in [-0.25, -0.2) is 4.68 Å². The zero-order valence-corrected chi connectivity index (χ0v) is 18.2. The topological polar surface area (TPSA) is 104 Å². The number of benzene rings is 2. The van der Waals surface area contributed by atoms with Crippen molar-refractivity contribution in [1.82, 2.24) is 24.5 Å². The van der Waals surface area contributed by atoms with E-state index in [-0.39, 0.29) is 17.2 Å². The number of primary amides is 1. The van der Waals surface area contributed by atoms with Crippen LogP contribution in [0.5, 0.6) is 0 Å². The van der Waals surface area contributed by atoms with E-state index < -0.39 is 17.9 Å². The van der Waals surface area contributed by atoms with Gasteiger partial charge < -0.3 is 15.6 Å². The summed E-state index contributed by atoms with van der Waals surface area (Å²) in [7, 11) is 1.23. The van der Waals surface area contributed by atoms with Crippen LogP contribution in [0, 0.1) is 0 Å². The summed E-state index contributed by atoms with van der Waals surface area (Å²) in [6, 6.07) is 11.2. The second-order valence-electron chi connectivity index (χ2n) is 6.88. The van der Waals surface area contributed by atoms with Crippen LogP contribution >= 0.6 is 23.2 Å². The zero-order valence-electron chi connectivity index (χ0n) is 16.7. The number of alkyl halides is 3. The number of hydrogen-bond donors (Lipinski definition) is 2. The van der Waals surface area contributed by atoms with E-state index in [9.17, 15) is 18.0 Å². The largest absolute Gasteiger partial charge is 0.451 e. The fraction of sp³-hybridized carbons (Fsp3) is 0.100. The number of carbonyl (C=O) groups excluding carboxylic acids is 1. The van der Waals surface area contributed by atoms with E-state index in [0.29, 0.717) is 27.0 Å². The van der Waals surface area contributed by atoms with Crippen LogP contribution in [0.1, 0.15) is 16.3 Å².